The van der Waals surface area contributed by atoms with Gasteiger partial charge in [-0.25, -0.2) is 4.39 Å². The lowest BCUT2D eigenvalue weighted by atomic mass is 10.1. The summed E-state index contributed by atoms with van der Waals surface area (Å²) in [6, 6.07) is 4.85. The number of rotatable bonds is 4. The molecule has 1 aromatic rings. The molecule has 0 saturated heterocycles. The Morgan fingerprint density at radius 1 is 1.56 bits per heavy atom. The SMILES string of the molecule is CC(=O)SCC=Cc1cccc(CO)c1F. The van der Waals surface area contributed by atoms with Crippen LogP contribution < -0.4 is 0 Å². The van der Waals surface area contributed by atoms with Gasteiger partial charge in [-0.3, -0.25) is 4.79 Å². The number of hydrogen-bond acceptors (Lipinski definition) is 3. The fraction of sp³-hybridized carbons (Fsp3) is 0.250. The summed E-state index contributed by atoms with van der Waals surface area (Å²) in [5.41, 5.74) is 0.706. The molecule has 1 aromatic carbocycles. The number of carbonyl (C=O) groups is 1. The molecular formula is C12H13FO2S. The molecule has 0 amide bonds. The van der Waals surface area contributed by atoms with Crippen molar-refractivity contribution in [2.75, 3.05) is 5.75 Å². The number of hydrogen-bond donors (Lipinski definition) is 1. The van der Waals surface area contributed by atoms with Gasteiger partial charge >= 0.3 is 0 Å². The first-order chi connectivity index (χ1) is 7.65. The minimum absolute atomic E-state index is 0.0363. The van der Waals surface area contributed by atoms with Crippen LogP contribution in [0.1, 0.15) is 18.1 Å². The zero-order valence-corrected chi connectivity index (χ0v) is 9.76. The van der Waals surface area contributed by atoms with Gasteiger partial charge in [-0.05, 0) is 0 Å². The molecule has 0 aromatic heterocycles. The van der Waals surface area contributed by atoms with Crippen molar-refractivity contribution in [1.82, 2.24) is 0 Å². The molecule has 0 radical (unpaired) electrons. The van der Waals surface area contributed by atoms with Crippen molar-refractivity contribution in [3.05, 3.63) is 41.2 Å². The molecule has 4 heteroatoms. The normalized spacial score (nSPS) is 10.9. The number of benzene rings is 1. The number of halogens is 1. The van der Waals surface area contributed by atoms with Gasteiger partial charge in [0, 0.05) is 23.8 Å². The van der Waals surface area contributed by atoms with Crippen LogP contribution in [0.15, 0.2) is 24.3 Å². The van der Waals surface area contributed by atoms with Crippen LogP contribution in [-0.4, -0.2) is 16.0 Å². The van der Waals surface area contributed by atoms with Gasteiger partial charge in [0.05, 0.1) is 6.61 Å². The van der Waals surface area contributed by atoms with Gasteiger partial charge in [0.15, 0.2) is 5.12 Å². The van der Waals surface area contributed by atoms with Gasteiger partial charge < -0.3 is 5.11 Å². The summed E-state index contributed by atoms with van der Waals surface area (Å²) in [5, 5.41) is 8.91. The highest BCUT2D eigenvalue weighted by molar-refractivity contribution is 8.13. The van der Waals surface area contributed by atoms with E-state index >= 15 is 0 Å². The second kappa shape index (κ2) is 6.45. The predicted molar refractivity (Wildman–Crippen MR) is 64.5 cm³/mol. The van der Waals surface area contributed by atoms with Crippen LogP contribution in [0.25, 0.3) is 6.08 Å². The fourth-order valence-electron chi connectivity index (χ4n) is 1.19. The second-order valence-electron chi connectivity index (χ2n) is 3.18. The van der Waals surface area contributed by atoms with Crippen LogP contribution in [0.2, 0.25) is 0 Å². The van der Waals surface area contributed by atoms with Crippen LogP contribution >= 0.6 is 11.8 Å². The molecule has 0 unspecified atom stereocenters. The molecule has 0 atom stereocenters. The molecular weight excluding hydrogens is 227 g/mol. The lowest BCUT2D eigenvalue weighted by Gasteiger charge is -2.01. The second-order valence-corrected chi connectivity index (χ2v) is 4.38. The average Bonchev–Trinajstić information content (AvgIpc) is 2.26. The minimum Gasteiger partial charge on any atom is -0.392 e. The number of thioether (sulfide) groups is 1. The quantitative estimate of drug-likeness (QED) is 0.879. The highest BCUT2D eigenvalue weighted by Crippen LogP contribution is 2.15. The lowest BCUT2D eigenvalue weighted by molar-refractivity contribution is -0.109. The van der Waals surface area contributed by atoms with E-state index in [0.29, 0.717) is 11.3 Å². The summed E-state index contributed by atoms with van der Waals surface area (Å²) in [4.78, 5) is 10.6. The molecule has 0 fully saturated rings. The largest absolute Gasteiger partial charge is 0.392 e. The maximum Gasteiger partial charge on any atom is 0.186 e. The van der Waals surface area contributed by atoms with E-state index in [2.05, 4.69) is 0 Å². The van der Waals surface area contributed by atoms with E-state index in [0.717, 1.165) is 0 Å². The Hall–Kier alpha value is -1.13. The van der Waals surface area contributed by atoms with Crippen LogP contribution in [0.4, 0.5) is 4.39 Å². The third-order valence-corrected chi connectivity index (χ3v) is 2.72. The summed E-state index contributed by atoms with van der Waals surface area (Å²) in [7, 11) is 0. The first kappa shape index (κ1) is 12.9. The lowest BCUT2D eigenvalue weighted by Crippen LogP contribution is -1.92. The standard InChI is InChI=1S/C12H13FO2S/c1-9(15)16-7-3-6-10-4-2-5-11(8-14)12(10)13/h2-6,14H,7-8H2,1H3. The Morgan fingerprint density at radius 3 is 2.94 bits per heavy atom. The molecule has 16 heavy (non-hydrogen) atoms. The first-order valence-corrected chi connectivity index (χ1v) is 5.82. The molecule has 86 valence electrons. The van der Waals surface area contributed by atoms with Crippen LogP contribution in [-0.2, 0) is 11.4 Å². The van der Waals surface area contributed by atoms with E-state index < -0.39 is 5.82 Å². The minimum atomic E-state index is -0.408. The van der Waals surface area contributed by atoms with E-state index in [1.807, 2.05) is 0 Å². The summed E-state index contributed by atoms with van der Waals surface area (Å²) >= 11 is 1.17. The van der Waals surface area contributed by atoms with E-state index in [4.69, 9.17) is 5.11 Å². The third kappa shape index (κ3) is 3.79. The maximum absolute atomic E-state index is 13.6. The van der Waals surface area contributed by atoms with Crippen LogP contribution in [0, 0.1) is 5.82 Å². The number of aliphatic hydroxyl groups is 1. The van der Waals surface area contributed by atoms with Gasteiger partial charge in [-0.15, -0.1) is 0 Å². The van der Waals surface area contributed by atoms with Crippen molar-refractivity contribution in [3.8, 4) is 0 Å². The fourth-order valence-corrected chi connectivity index (χ4v) is 1.62. The summed E-state index contributed by atoms with van der Waals surface area (Å²) in [6.07, 6.45) is 3.34. The smallest absolute Gasteiger partial charge is 0.186 e. The molecule has 0 aliphatic heterocycles. The predicted octanol–water partition coefficient (Wildman–Crippen LogP) is 2.61. The average molecular weight is 240 g/mol. The topological polar surface area (TPSA) is 37.3 Å². The highest BCUT2D eigenvalue weighted by Gasteiger charge is 2.03. The van der Waals surface area contributed by atoms with E-state index in [1.165, 1.54) is 24.8 Å². The summed E-state index contributed by atoms with van der Waals surface area (Å²) in [6.45, 7) is 1.18. The molecule has 1 rings (SSSR count). The monoisotopic (exact) mass is 240 g/mol. The van der Waals surface area contributed by atoms with Crippen molar-refractivity contribution < 1.29 is 14.3 Å². The van der Waals surface area contributed by atoms with Crippen molar-refractivity contribution in [2.24, 2.45) is 0 Å². The highest BCUT2D eigenvalue weighted by atomic mass is 32.2. The Balaban J connectivity index is 2.70. The van der Waals surface area contributed by atoms with Gasteiger partial charge in [-0.1, -0.05) is 42.1 Å². The van der Waals surface area contributed by atoms with Crippen LogP contribution in [0.3, 0.4) is 0 Å². The molecule has 0 aliphatic rings. The Morgan fingerprint density at radius 2 is 2.31 bits per heavy atom. The van der Waals surface area contributed by atoms with Gasteiger partial charge in [0.25, 0.3) is 0 Å². The zero-order chi connectivity index (χ0) is 12.0. The van der Waals surface area contributed by atoms with E-state index in [-0.39, 0.29) is 17.3 Å². The molecule has 2 nitrogen and oxygen atoms in total. The zero-order valence-electron chi connectivity index (χ0n) is 8.94. The molecule has 0 heterocycles. The van der Waals surface area contributed by atoms with Gasteiger partial charge in [-0.2, -0.15) is 0 Å². The van der Waals surface area contributed by atoms with E-state index in [9.17, 15) is 9.18 Å². The van der Waals surface area contributed by atoms with Crippen molar-refractivity contribution in [2.45, 2.75) is 13.5 Å². The van der Waals surface area contributed by atoms with Gasteiger partial charge in [0.2, 0.25) is 0 Å². The van der Waals surface area contributed by atoms with Gasteiger partial charge in [0.1, 0.15) is 5.82 Å². The Kier molecular flexibility index (Phi) is 5.22. The van der Waals surface area contributed by atoms with E-state index in [1.54, 1.807) is 24.3 Å². The Labute approximate surface area is 98.2 Å². The summed E-state index contributed by atoms with van der Waals surface area (Å²) < 4.78 is 13.6. The number of carbonyl (C=O) groups excluding carboxylic acids is 1. The first-order valence-electron chi connectivity index (χ1n) is 4.83. The number of aliphatic hydroxyl groups excluding tert-OH is 1. The molecule has 0 spiro atoms. The molecule has 0 bridgehead atoms. The molecule has 0 saturated carbocycles. The van der Waals surface area contributed by atoms with Crippen molar-refractivity contribution in [1.29, 1.82) is 0 Å². The summed E-state index contributed by atoms with van der Waals surface area (Å²) in [5.74, 6) is 0.118. The van der Waals surface area contributed by atoms with Crippen molar-refractivity contribution in [3.63, 3.8) is 0 Å². The molecule has 1 N–H and O–H groups in total. The van der Waals surface area contributed by atoms with Crippen molar-refractivity contribution >= 4 is 23.0 Å². The third-order valence-electron chi connectivity index (χ3n) is 1.96. The Bertz CT molecular complexity index is 402. The maximum atomic E-state index is 13.6. The van der Waals surface area contributed by atoms with Crippen LogP contribution in [0.5, 0.6) is 0 Å². The molecule has 0 aliphatic carbocycles.